The van der Waals surface area contributed by atoms with Gasteiger partial charge in [0.15, 0.2) is 11.6 Å². The van der Waals surface area contributed by atoms with E-state index in [1.807, 2.05) is 0 Å². The first kappa shape index (κ1) is 16.8. The van der Waals surface area contributed by atoms with Gasteiger partial charge in [0.05, 0.1) is 15.6 Å². The number of hydrogen-bond acceptors (Lipinski definition) is 3. The number of nitrogens with two attached hydrogens (primary N) is 1. The Labute approximate surface area is 117 Å². The lowest BCUT2D eigenvalue weighted by Crippen LogP contribution is -2.22. The van der Waals surface area contributed by atoms with Gasteiger partial charge in [-0.25, -0.2) is 8.78 Å². The lowest BCUT2D eigenvalue weighted by molar-refractivity contribution is -0.119. The molecule has 0 aromatic heterocycles. The van der Waals surface area contributed by atoms with Crippen LogP contribution in [0.15, 0.2) is 4.90 Å². The van der Waals surface area contributed by atoms with Crippen LogP contribution in [0.25, 0.3) is 0 Å². The van der Waals surface area contributed by atoms with Crippen molar-refractivity contribution in [3.63, 3.8) is 0 Å². The second-order valence-corrected chi connectivity index (χ2v) is 4.83. The zero-order valence-corrected chi connectivity index (χ0v) is 11.1. The van der Waals surface area contributed by atoms with E-state index in [4.69, 9.17) is 17.3 Å². The van der Waals surface area contributed by atoms with E-state index in [0.717, 1.165) is 0 Å². The number of hydrogen-bond donors (Lipinski definition) is 1. The molecule has 11 heteroatoms. The van der Waals surface area contributed by atoms with Gasteiger partial charge in [-0.2, -0.15) is 13.2 Å². The summed E-state index contributed by atoms with van der Waals surface area (Å²) in [4.78, 5) is 9.37. The van der Waals surface area contributed by atoms with Gasteiger partial charge in [-0.15, -0.1) is 5.12 Å². The minimum Gasteiger partial charge on any atom is -0.394 e. The van der Waals surface area contributed by atoms with Gasteiger partial charge < -0.3 is 5.73 Å². The Kier molecular flexibility index (Phi) is 4.70. The summed E-state index contributed by atoms with van der Waals surface area (Å²) in [5.74, 6) is -4.94. The standard InChI is InChI=1S/C9H5ClF6N2OS/c1-2(19)18(16)7-5(12)8(20-9(13,14)15)3(10)4(11)6(7)17/h17H2,1H3. The maximum absolute atomic E-state index is 13.8. The zero-order valence-electron chi connectivity index (χ0n) is 9.49. The van der Waals surface area contributed by atoms with E-state index in [2.05, 4.69) is 0 Å². The predicted octanol–water partition coefficient (Wildman–Crippen LogP) is 4.05. The van der Waals surface area contributed by atoms with E-state index in [1.54, 1.807) is 0 Å². The fourth-order valence-corrected chi connectivity index (χ4v) is 2.10. The quantitative estimate of drug-likeness (QED) is 0.291. The Morgan fingerprint density at radius 3 is 2.20 bits per heavy atom. The monoisotopic (exact) mass is 338 g/mol. The molecule has 0 atom stereocenters. The summed E-state index contributed by atoms with van der Waals surface area (Å²) in [6.45, 7) is 0.641. The summed E-state index contributed by atoms with van der Waals surface area (Å²) in [7, 11) is 0. The van der Waals surface area contributed by atoms with Crippen molar-refractivity contribution in [3.05, 3.63) is 16.7 Å². The molecule has 0 aliphatic rings. The SMILES string of the molecule is CC(=O)N(F)c1c(N)c(F)c(Cl)c(SC(F)(F)F)c1F. The zero-order chi connectivity index (χ0) is 15.8. The van der Waals surface area contributed by atoms with Crippen LogP contribution in [0.4, 0.5) is 37.8 Å². The molecule has 1 amide bonds. The van der Waals surface area contributed by atoms with Gasteiger partial charge in [0.25, 0.3) is 5.91 Å². The Morgan fingerprint density at radius 2 is 1.80 bits per heavy atom. The molecule has 112 valence electrons. The fourth-order valence-electron chi connectivity index (χ4n) is 1.20. The Balaban J connectivity index is 3.59. The summed E-state index contributed by atoms with van der Waals surface area (Å²) < 4.78 is 77.4. The Bertz CT molecular complexity index is 565. The third kappa shape index (κ3) is 3.23. The largest absolute Gasteiger partial charge is 0.446 e. The number of amides is 1. The highest BCUT2D eigenvalue weighted by Gasteiger charge is 2.36. The highest BCUT2D eigenvalue weighted by atomic mass is 35.5. The fraction of sp³-hybridized carbons (Fsp3) is 0.222. The molecule has 1 rings (SSSR count). The minimum absolute atomic E-state index is 0.641. The molecule has 0 radical (unpaired) electrons. The number of carbonyl (C=O) groups is 1. The van der Waals surface area contributed by atoms with Crippen LogP contribution < -0.4 is 10.9 Å². The molecule has 0 spiro atoms. The van der Waals surface area contributed by atoms with Gasteiger partial charge >= 0.3 is 5.51 Å². The highest BCUT2D eigenvalue weighted by Crippen LogP contribution is 2.47. The van der Waals surface area contributed by atoms with E-state index in [1.165, 1.54) is 0 Å². The van der Waals surface area contributed by atoms with Gasteiger partial charge in [0, 0.05) is 6.92 Å². The number of thioether (sulfide) groups is 1. The molecule has 0 aliphatic carbocycles. The lowest BCUT2D eigenvalue weighted by atomic mass is 10.2. The lowest BCUT2D eigenvalue weighted by Gasteiger charge is -2.18. The number of halogens is 7. The molecule has 0 saturated carbocycles. The molecule has 0 unspecified atom stereocenters. The first-order valence-electron chi connectivity index (χ1n) is 4.65. The van der Waals surface area contributed by atoms with Crippen molar-refractivity contribution in [1.29, 1.82) is 0 Å². The van der Waals surface area contributed by atoms with E-state index in [9.17, 15) is 31.2 Å². The van der Waals surface area contributed by atoms with Gasteiger partial charge in [-0.05, 0) is 11.8 Å². The van der Waals surface area contributed by atoms with Crippen molar-refractivity contribution in [1.82, 2.24) is 0 Å². The van der Waals surface area contributed by atoms with Crippen molar-refractivity contribution < 1.29 is 31.2 Å². The van der Waals surface area contributed by atoms with Crippen LogP contribution in [0.1, 0.15) is 6.92 Å². The van der Waals surface area contributed by atoms with E-state index in [0.29, 0.717) is 6.92 Å². The van der Waals surface area contributed by atoms with Crippen molar-refractivity contribution in [2.24, 2.45) is 0 Å². The first-order valence-corrected chi connectivity index (χ1v) is 5.85. The number of benzene rings is 1. The van der Waals surface area contributed by atoms with Crippen LogP contribution in [0, 0.1) is 11.6 Å². The van der Waals surface area contributed by atoms with Crippen LogP contribution in [0.2, 0.25) is 5.02 Å². The van der Waals surface area contributed by atoms with E-state index < -0.39 is 61.2 Å². The molecule has 0 fully saturated rings. The summed E-state index contributed by atoms with van der Waals surface area (Å²) >= 11 is 4.14. The average Bonchev–Trinajstić information content (AvgIpc) is 2.31. The van der Waals surface area contributed by atoms with E-state index in [-0.39, 0.29) is 0 Å². The molecule has 1 aromatic rings. The third-order valence-corrected chi connectivity index (χ3v) is 3.27. The molecular weight excluding hydrogens is 334 g/mol. The normalized spacial score (nSPS) is 11.6. The average molecular weight is 339 g/mol. The molecule has 0 heterocycles. The molecule has 0 saturated heterocycles. The van der Waals surface area contributed by atoms with Gasteiger partial charge in [0.1, 0.15) is 5.69 Å². The van der Waals surface area contributed by atoms with Crippen molar-refractivity contribution in [2.75, 3.05) is 10.9 Å². The van der Waals surface area contributed by atoms with Gasteiger partial charge in [-0.1, -0.05) is 16.1 Å². The second kappa shape index (κ2) is 5.60. The molecule has 0 aliphatic heterocycles. The summed E-state index contributed by atoms with van der Waals surface area (Å²) in [6, 6.07) is 0. The molecule has 1 aromatic carbocycles. The number of nitrogens with zero attached hydrogens (tertiary/aromatic N) is 1. The maximum atomic E-state index is 13.8. The molecule has 2 N–H and O–H groups in total. The van der Waals surface area contributed by atoms with Crippen LogP contribution in [-0.2, 0) is 4.79 Å². The molecular formula is C9H5ClF6N2OS. The molecule has 0 bridgehead atoms. The summed E-state index contributed by atoms with van der Waals surface area (Å²) in [5.41, 5.74) is -2.63. The van der Waals surface area contributed by atoms with E-state index >= 15 is 0 Å². The summed E-state index contributed by atoms with van der Waals surface area (Å²) in [6.07, 6.45) is 0. The topological polar surface area (TPSA) is 46.3 Å². The maximum Gasteiger partial charge on any atom is 0.446 e. The van der Waals surface area contributed by atoms with Crippen LogP contribution >= 0.6 is 23.4 Å². The first-order chi connectivity index (χ1) is 8.97. The van der Waals surface area contributed by atoms with Crippen molar-refractivity contribution in [3.8, 4) is 0 Å². The molecule has 3 nitrogen and oxygen atoms in total. The highest BCUT2D eigenvalue weighted by molar-refractivity contribution is 8.00. The van der Waals surface area contributed by atoms with Crippen LogP contribution in [0.3, 0.4) is 0 Å². The molecule has 20 heavy (non-hydrogen) atoms. The van der Waals surface area contributed by atoms with Crippen molar-refractivity contribution in [2.45, 2.75) is 17.3 Å². The number of carbonyl (C=O) groups excluding carboxylic acids is 1. The van der Waals surface area contributed by atoms with Gasteiger partial charge in [0.2, 0.25) is 0 Å². The minimum atomic E-state index is -5.00. The third-order valence-electron chi connectivity index (χ3n) is 1.98. The smallest absolute Gasteiger partial charge is 0.394 e. The van der Waals surface area contributed by atoms with Crippen LogP contribution in [-0.4, -0.2) is 11.4 Å². The number of anilines is 2. The van der Waals surface area contributed by atoms with Crippen molar-refractivity contribution >= 4 is 40.6 Å². The van der Waals surface area contributed by atoms with Crippen LogP contribution in [0.5, 0.6) is 0 Å². The second-order valence-electron chi connectivity index (χ2n) is 3.38. The Hall–Kier alpha value is -1.29. The van der Waals surface area contributed by atoms with Gasteiger partial charge in [-0.3, -0.25) is 4.79 Å². The summed E-state index contributed by atoms with van der Waals surface area (Å²) in [5, 5.41) is -2.15. The number of nitrogen functional groups attached to an aromatic ring is 1. The Morgan fingerprint density at radius 1 is 1.30 bits per heavy atom. The number of rotatable bonds is 2. The predicted molar refractivity (Wildman–Crippen MR) is 62.0 cm³/mol. The number of alkyl halides is 3.